The highest BCUT2D eigenvalue weighted by atomic mass is 35.5. The zero-order chi connectivity index (χ0) is 20.9. The van der Waals surface area contributed by atoms with E-state index in [1.54, 1.807) is 37.3 Å². The van der Waals surface area contributed by atoms with Gasteiger partial charge >= 0.3 is 5.97 Å². The average molecular weight is 403 g/mol. The quantitative estimate of drug-likeness (QED) is 0.631. The first-order valence-electron chi connectivity index (χ1n) is 8.64. The molecule has 8 heteroatoms. The Hall–Kier alpha value is -2.93. The van der Waals surface area contributed by atoms with Crippen LogP contribution in [-0.2, 0) is 4.79 Å². The number of carboxylic acids is 1. The van der Waals surface area contributed by atoms with Gasteiger partial charge in [0.25, 0.3) is 5.91 Å². The van der Waals surface area contributed by atoms with Crippen LogP contribution in [0.5, 0.6) is 0 Å². The molecule has 2 aromatic rings. The second-order valence-electron chi connectivity index (χ2n) is 7.34. The minimum atomic E-state index is -1.14. The van der Waals surface area contributed by atoms with Crippen molar-refractivity contribution in [2.45, 2.75) is 33.7 Å². The molecular weight excluding hydrogens is 380 g/mol. The van der Waals surface area contributed by atoms with Gasteiger partial charge in [-0.3, -0.25) is 4.79 Å². The van der Waals surface area contributed by atoms with E-state index in [0.29, 0.717) is 16.7 Å². The van der Waals surface area contributed by atoms with Crippen molar-refractivity contribution in [1.29, 1.82) is 0 Å². The number of anilines is 2. The van der Waals surface area contributed by atoms with Crippen LogP contribution in [-0.4, -0.2) is 33.0 Å². The molecule has 0 saturated heterocycles. The normalized spacial score (nSPS) is 12.6. The van der Waals surface area contributed by atoms with Gasteiger partial charge in [-0.15, -0.1) is 0 Å². The number of halogens is 1. The summed E-state index contributed by atoms with van der Waals surface area (Å²) in [5.74, 6) is -1.38. The molecule has 0 aliphatic heterocycles. The predicted molar refractivity (Wildman–Crippen MR) is 109 cm³/mol. The molecule has 1 heterocycles. The van der Waals surface area contributed by atoms with Crippen LogP contribution >= 0.6 is 11.6 Å². The van der Waals surface area contributed by atoms with Crippen LogP contribution < -0.4 is 10.6 Å². The predicted octanol–water partition coefficient (Wildman–Crippen LogP) is 3.97. The fourth-order valence-electron chi connectivity index (χ4n) is 2.21. The van der Waals surface area contributed by atoms with Gasteiger partial charge in [-0.1, -0.05) is 44.5 Å². The van der Waals surface area contributed by atoms with Crippen LogP contribution in [0.2, 0.25) is 5.02 Å². The molecule has 148 valence electrons. The first kappa shape index (κ1) is 21.4. The van der Waals surface area contributed by atoms with Crippen LogP contribution in [0.15, 0.2) is 42.6 Å². The van der Waals surface area contributed by atoms with Gasteiger partial charge in [-0.05, 0) is 36.6 Å². The molecule has 1 unspecified atom stereocenters. The first-order chi connectivity index (χ1) is 13.0. The standard InChI is InChI=1S/C20H23ClN4O3/c1-12-15(17(26)25-16(18(27)28)9-10-20(2,3)4)11-22-19(23-12)24-14-7-5-13(21)6-8-14/h5-11,16H,1-4H3,(H,25,26)(H,27,28)(H,22,23,24)/b10-9+. The third-order valence-corrected chi connectivity index (χ3v) is 3.92. The minimum absolute atomic E-state index is 0.202. The fourth-order valence-corrected chi connectivity index (χ4v) is 2.33. The van der Waals surface area contributed by atoms with E-state index < -0.39 is 17.9 Å². The van der Waals surface area contributed by atoms with Crippen molar-refractivity contribution in [3.05, 3.63) is 58.9 Å². The number of nitrogens with zero attached hydrogens (tertiary/aromatic N) is 2. The molecule has 1 aromatic heterocycles. The Morgan fingerprint density at radius 2 is 1.86 bits per heavy atom. The molecule has 0 bridgehead atoms. The lowest BCUT2D eigenvalue weighted by Crippen LogP contribution is -2.40. The van der Waals surface area contributed by atoms with E-state index in [1.807, 2.05) is 20.8 Å². The van der Waals surface area contributed by atoms with Gasteiger partial charge in [0.15, 0.2) is 0 Å². The monoisotopic (exact) mass is 402 g/mol. The van der Waals surface area contributed by atoms with Crippen molar-refractivity contribution >= 4 is 35.1 Å². The van der Waals surface area contributed by atoms with Gasteiger partial charge in [-0.2, -0.15) is 0 Å². The summed E-state index contributed by atoms with van der Waals surface area (Å²) in [7, 11) is 0. The molecule has 2 rings (SSSR count). The molecule has 0 aliphatic rings. The smallest absolute Gasteiger partial charge is 0.330 e. The Kier molecular flexibility index (Phi) is 6.75. The van der Waals surface area contributed by atoms with E-state index in [4.69, 9.17) is 11.6 Å². The number of allylic oxidation sites excluding steroid dienone is 1. The first-order valence-corrected chi connectivity index (χ1v) is 9.02. The molecule has 0 spiro atoms. The van der Waals surface area contributed by atoms with E-state index in [0.717, 1.165) is 5.69 Å². The minimum Gasteiger partial charge on any atom is -0.479 e. The maximum absolute atomic E-state index is 12.5. The Labute approximate surface area is 168 Å². The van der Waals surface area contributed by atoms with E-state index in [-0.39, 0.29) is 11.0 Å². The van der Waals surface area contributed by atoms with E-state index in [1.165, 1.54) is 12.3 Å². The zero-order valence-electron chi connectivity index (χ0n) is 16.2. The number of aromatic nitrogens is 2. The average Bonchev–Trinajstić information content (AvgIpc) is 2.59. The SMILES string of the molecule is Cc1nc(Nc2ccc(Cl)cc2)ncc1C(=O)NC(/C=C/C(C)(C)C)C(=O)O. The van der Waals surface area contributed by atoms with Crippen molar-refractivity contribution in [2.75, 3.05) is 5.32 Å². The molecule has 28 heavy (non-hydrogen) atoms. The Balaban J connectivity index is 2.13. The molecule has 3 N–H and O–H groups in total. The van der Waals surface area contributed by atoms with Crippen LogP contribution in [0.3, 0.4) is 0 Å². The Morgan fingerprint density at radius 3 is 2.39 bits per heavy atom. The molecule has 0 aliphatic carbocycles. The summed E-state index contributed by atoms with van der Waals surface area (Å²) in [6.45, 7) is 7.47. The largest absolute Gasteiger partial charge is 0.479 e. The van der Waals surface area contributed by atoms with Gasteiger partial charge in [0.05, 0.1) is 11.3 Å². The van der Waals surface area contributed by atoms with Crippen molar-refractivity contribution < 1.29 is 14.7 Å². The van der Waals surface area contributed by atoms with Crippen LogP contribution in [0.4, 0.5) is 11.6 Å². The second kappa shape index (κ2) is 8.84. The Bertz CT molecular complexity index is 889. The number of carbonyl (C=O) groups is 2. The number of benzene rings is 1. The van der Waals surface area contributed by atoms with Crippen LogP contribution in [0.25, 0.3) is 0 Å². The molecule has 1 aromatic carbocycles. The number of aliphatic carboxylic acids is 1. The van der Waals surface area contributed by atoms with E-state index >= 15 is 0 Å². The maximum Gasteiger partial charge on any atom is 0.330 e. The van der Waals surface area contributed by atoms with Gasteiger partial charge in [0.1, 0.15) is 6.04 Å². The topological polar surface area (TPSA) is 104 Å². The lowest BCUT2D eigenvalue weighted by Gasteiger charge is -2.15. The summed E-state index contributed by atoms with van der Waals surface area (Å²) < 4.78 is 0. The molecular formula is C20H23ClN4O3. The van der Waals surface area contributed by atoms with Crippen molar-refractivity contribution in [2.24, 2.45) is 5.41 Å². The van der Waals surface area contributed by atoms with E-state index in [9.17, 15) is 14.7 Å². The number of carboxylic acid groups (broad SMARTS) is 1. The lowest BCUT2D eigenvalue weighted by molar-refractivity contribution is -0.137. The van der Waals surface area contributed by atoms with Gasteiger partial charge in [0, 0.05) is 16.9 Å². The number of hydrogen-bond donors (Lipinski definition) is 3. The zero-order valence-corrected chi connectivity index (χ0v) is 16.9. The van der Waals surface area contributed by atoms with Gasteiger partial charge in [0.2, 0.25) is 5.95 Å². The highest BCUT2D eigenvalue weighted by Crippen LogP contribution is 2.18. The molecule has 1 amide bonds. The van der Waals surface area contributed by atoms with Crippen molar-refractivity contribution in [3.8, 4) is 0 Å². The third kappa shape index (κ3) is 6.35. The van der Waals surface area contributed by atoms with Crippen LogP contribution in [0, 0.1) is 12.3 Å². The number of carbonyl (C=O) groups excluding carboxylic acids is 1. The highest BCUT2D eigenvalue weighted by molar-refractivity contribution is 6.30. The van der Waals surface area contributed by atoms with E-state index in [2.05, 4.69) is 20.6 Å². The number of amides is 1. The number of rotatable bonds is 6. The summed E-state index contributed by atoms with van der Waals surface area (Å²) in [5, 5.41) is 15.5. The maximum atomic E-state index is 12.5. The summed E-state index contributed by atoms with van der Waals surface area (Å²) in [5.41, 5.74) is 1.18. The molecule has 0 radical (unpaired) electrons. The lowest BCUT2D eigenvalue weighted by atomic mass is 9.95. The highest BCUT2D eigenvalue weighted by Gasteiger charge is 2.21. The summed E-state index contributed by atoms with van der Waals surface area (Å²) in [4.78, 5) is 32.3. The van der Waals surface area contributed by atoms with Crippen molar-refractivity contribution in [3.63, 3.8) is 0 Å². The molecule has 0 fully saturated rings. The third-order valence-electron chi connectivity index (χ3n) is 3.67. The summed E-state index contributed by atoms with van der Waals surface area (Å²) >= 11 is 5.86. The Morgan fingerprint density at radius 1 is 1.21 bits per heavy atom. The van der Waals surface area contributed by atoms with Gasteiger partial charge < -0.3 is 15.7 Å². The second-order valence-corrected chi connectivity index (χ2v) is 7.78. The van der Waals surface area contributed by atoms with Crippen LogP contribution in [0.1, 0.15) is 36.8 Å². The van der Waals surface area contributed by atoms with Gasteiger partial charge in [-0.25, -0.2) is 14.8 Å². The number of aryl methyl sites for hydroxylation is 1. The fraction of sp³-hybridized carbons (Fsp3) is 0.300. The number of hydrogen-bond acceptors (Lipinski definition) is 5. The summed E-state index contributed by atoms with van der Waals surface area (Å²) in [6, 6.07) is 5.88. The number of nitrogens with one attached hydrogen (secondary N) is 2. The van der Waals surface area contributed by atoms with Crippen molar-refractivity contribution in [1.82, 2.24) is 15.3 Å². The molecule has 0 saturated carbocycles. The summed E-state index contributed by atoms with van der Waals surface area (Å²) in [6.07, 6.45) is 4.57. The molecule has 7 nitrogen and oxygen atoms in total. The molecule has 1 atom stereocenters.